The lowest BCUT2D eigenvalue weighted by Gasteiger charge is -2.16. The lowest BCUT2D eigenvalue weighted by molar-refractivity contribution is 0.151. The van der Waals surface area contributed by atoms with Crippen LogP contribution in [0.3, 0.4) is 0 Å². The molecule has 3 nitrogen and oxygen atoms in total. The van der Waals surface area contributed by atoms with E-state index >= 15 is 0 Å². The van der Waals surface area contributed by atoms with Crippen molar-refractivity contribution in [1.29, 1.82) is 0 Å². The number of rotatable bonds is 2. The fourth-order valence-electron chi connectivity index (χ4n) is 1.83. The monoisotopic (exact) mass is 239 g/mol. The molecule has 0 unspecified atom stereocenters. The molecule has 1 saturated heterocycles. The number of halogens is 1. The molecule has 4 heteroatoms. The minimum absolute atomic E-state index is 0.200. The smallest absolute Gasteiger partial charge is 0.414 e. The molecule has 1 aromatic rings. The molecular formula is C12H14ClNO2. The van der Waals surface area contributed by atoms with Crippen LogP contribution >= 0.6 is 11.6 Å². The molecule has 1 heterocycles. The third kappa shape index (κ3) is 1.87. The van der Waals surface area contributed by atoms with Gasteiger partial charge in [0.05, 0.1) is 18.1 Å². The third-order valence-electron chi connectivity index (χ3n) is 2.91. The number of hydrogen-bond acceptors (Lipinski definition) is 2. The number of cyclic esters (lactones) is 1. The second-order valence-electron chi connectivity index (χ2n) is 3.99. The maximum atomic E-state index is 11.7. The minimum Gasteiger partial charge on any atom is -0.443 e. The number of ether oxygens (including phenoxy) is 1. The third-order valence-corrected chi connectivity index (χ3v) is 3.26. The molecule has 1 aromatic carbocycles. The molecule has 0 bridgehead atoms. The molecule has 86 valence electrons. The van der Waals surface area contributed by atoms with Crippen molar-refractivity contribution in [1.82, 2.24) is 0 Å². The van der Waals surface area contributed by atoms with E-state index in [2.05, 4.69) is 0 Å². The average molecular weight is 240 g/mol. The van der Waals surface area contributed by atoms with Gasteiger partial charge in [-0.25, -0.2) is 4.79 Å². The summed E-state index contributed by atoms with van der Waals surface area (Å²) in [5.74, 6) is 0.340. The van der Waals surface area contributed by atoms with E-state index in [1.54, 1.807) is 4.90 Å². The lowest BCUT2D eigenvalue weighted by Crippen LogP contribution is -2.25. The van der Waals surface area contributed by atoms with E-state index in [4.69, 9.17) is 16.3 Å². The van der Waals surface area contributed by atoms with Gasteiger partial charge in [0.1, 0.15) is 6.10 Å². The van der Waals surface area contributed by atoms with Gasteiger partial charge in [0.25, 0.3) is 0 Å². The molecule has 0 aliphatic carbocycles. The summed E-state index contributed by atoms with van der Waals surface area (Å²) in [7, 11) is 0. The molecule has 1 amide bonds. The number of alkyl halides is 1. The van der Waals surface area contributed by atoms with Crippen molar-refractivity contribution in [3.63, 3.8) is 0 Å². The molecule has 0 spiro atoms. The summed E-state index contributed by atoms with van der Waals surface area (Å²) in [6, 6.07) is 5.90. The van der Waals surface area contributed by atoms with E-state index in [-0.39, 0.29) is 12.2 Å². The van der Waals surface area contributed by atoms with Crippen molar-refractivity contribution >= 4 is 23.4 Å². The number of hydrogen-bond donors (Lipinski definition) is 0. The molecule has 1 aliphatic rings. The summed E-state index contributed by atoms with van der Waals surface area (Å²) in [6.07, 6.45) is -0.506. The number of carbonyl (C=O) groups excluding carboxylic acids is 1. The number of nitrogens with zero attached hydrogens (tertiary/aromatic N) is 1. The molecular weight excluding hydrogens is 226 g/mol. The van der Waals surface area contributed by atoms with Crippen LogP contribution in [0.15, 0.2) is 18.2 Å². The van der Waals surface area contributed by atoms with E-state index in [1.165, 1.54) is 5.56 Å². The Labute approximate surface area is 100.0 Å². The Kier molecular flexibility index (Phi) is 3.06. The summed E-state index contributed by atoms with van der Waals surface area (Å²) in [5, 5.41) is 0. The van der Waals surface area contributed by atoms with E-state index in [0.29, 0.717) is 12.4 Å². The SMILES string of the molecule is Cc1cccc(N2C[C@H](CCl)OC2=O)c1C. The molecule has 0 aromatic heterocycles. The lowest BCUT2D eigenvalue weighted by atomic mass is 10.1. The van der Waals surface area contributed by atoms with Crippen molar-refractivity contribution in [2.24, 2.45) is 0 Å². The van der Waals surface area contributed by atoms with E-state index in [9.17, 15) is 4.79 Å². The highest BCUT2D eigenvalue weighted by Gasteiger charge is 2.32. The predicted molar refractivity (Wildman–Crippen MR) is 64.3 cm³/mol. The maximum absolute atomic E-state index is 11.7. The highest BCUT2D eigenvalue weighted by molar-refractivity contribution is 6.18. The van der Waals surface area contributed by atoms with Gasteiger partial charge in [-0.15, -0.1) is 11.6 Å². The van der Waals surface area contributed by atoms with Crippen LogP contribution in [0, 0.1) is 13.8 Å². The first-order chi connectivity index (χ1) is 7.63. The van der Waals surface area contributed by atoms with Crippen LogP contribution in [-0.2, 0) is 4.74 Å². The van der Waals surface area contributed by atoms with Gasteiger partial charge in [-0.2, -0.15) is 0 Å². The van der Waals surface area contributed by atoms with E-state index in [1.807, 2.05) is 32.0 Å². The van der Waals surface area contributed by atoms with Crippen LogP contribution in [-0.4, -0.2) is 24.6 Å². The Hall–Kier alpha value is -1.22. The molecule has 1 aliphatic heterocycles. The van der Waals surface area contributed by atoms with Crippen LogP contribution in [0.5, 0.6) is 0 Å². The number of aryl methyl sites for hydroxylation is 1. The standard InChI is InChI=1S/C12H14ClNO2/c1-8-4-3-5-11(9(8)2)14-7-10(6-13)16-12(14)15/h3-5,10H,6-7H2,1-2H3/t10-/m0/s1. The Morgan fingerprint density at radius 3 is 2.88 bits per heavy atom. The molecule has 0 N–H and O–H groups in total. The molecule has 2 rings (SSSR count). The Balaban J connectivity index is 2.31. The van der Waals surface area contributed by atoms with Crippen molar-refractivity contribution in [2.75, 3.05) is 17.3 Å². The van der Waals surface area contributed by atoms with Crippen molar-refractivity contribution in [2.45, 2.75) is 20.0 Å². The molecule has 0 radical (unpaired) electrons. The average Bonchev–Trinajstić information content (AvgIpc) is 2.64. The predicted octanol–water partition coefficient (Wildman–Crippen LogP) is 2.87. The molecule has 1 atom stereocenters. The van der Waals surface area contributed by atoms with Gasteiger partial charge in [0, 0.05) is 0 Å². The summed E-state index contributed by atoms with van der Waals surface area (Å²) in [4.78, 5) is 13.3. The number of carbonyl (C=O) groups is 1. The number of amides is 1. The normalized spacial score (nSPS) is 20.1. The van der Waals surface area contributed by atoms with Gasteiger partial charge in [-0.05, 0) is 31.0 Å². The van der Waals surface area contributed by atoms with Crippen LogP contribution in [0.25, 0.3) is 0 Å². The first kappa shape index (κ1) is 11.3. The highest BCUT2D eigenvalue weighted by Crippen LogP contribution is 2.27. The zero-order valence-electron chi connectivity index (χ0n) is 9.37. The van der Waals surface area contributed by atoms with Gasteiger partial charge >= 0.3 is 6.09 Å². The second-order valence-corrected chi connectivity index (χ2v) is 4.30. The van der Waals surface area contributed by atoms with E-state index < -0.39 is 0 Å². The van der Waals surface area contributed by atoms with Gasteiger partial charge < -0.3 is 4.74 Å². The minimum atomic E-state index is -0.306. The number of benzene rings is 1. The Bertz CT molecular complexity index is 419. The Morgan fingerprint density at radius 1 is 1.50 bits per heavy atom. The van der Waals surface area contributed by atoms with Crippen LogP contribution in [0.2, 0.25) is 0 Å². The van der Waals surface area contributed by atoms with Crippen molar-refractivity contribution in [3.8, 4) is 0 Å². The maximum Gasteiger partial charge on any atom is 0.414 e. The van der Waals surface area contributed by atoms with Gasteiger partial charge in [-0.1, -0.05) is 12.1 Å². The van der Waals surface area contributed by atoms with Crippen molar-refractivity contribution in [3.05, 3.63) is 29.3 Å². The zero-order chi connectivity index (χ0) is 11.7. The van der Waals surface area contributed by atoms with E-state index in [0.717, 1.165) is 11.3 Å². The summed E-state index contributed by atoms with van der Waals surface area (Å²) in [6.45, 7) is 4.57. The highest BCUT2D eigenvalue weighted by atomic mass is 35.5. The van der Waals surface area contributed by atoms with Crippen LogP contribution in [0.4, 0.5) is 10.5 Å². The fourth-order valence-corrected chi connectivity index (χ4v) is 1.99. The topological polar surface area (TPSA) is 29.5 Å². The quantitative estimate of drug-likeness (QED) is 0.743. The van der Waals surface area contributed by atoms with Crippen LogP contribution in [0.1, 0.15) is 11.1 Å². The van der Waals surface area contributed by atoms with Crippen molar-refractivity contribution < 1.29 is 9.53 Å². The molecule has 16 heavy (non-hydrogen) atoms. The molecule has 0 saturated carbocycles. The van der Waals surface area contributed by atoms with Gasteiger partial charge in [0.15, 0.2) is 0 Å². The Morgan fingerprint density at radius 2 is 2.25 bits per heavy atom. The molecule has 1 fully saturated rings. The van der Waals surface area contributed by atoms with Gasteiger partial charge in [0.2, 0.25) is 0 Å². The first-order valence-corrected chi connectivity index (χ1v) is 5.77. The fraction of sp³-hybridized carbons (Fsp3) is 0.417. The first-order valence-electron chi connectivity index (χ1n) is 5.24. The van der Waals surface area contributed by atoms with Crippen LogP contribution < -0.4 is 4.90 Å². The number of anilines is 1. The van der Waals surface area contributed by atoms with Gasteiger partial charge in [-0.3, -0.25) is 4.90 Å². The zero-order valence-corrected chi connectivity index (χ0v) is 10.1. The summed E-state index contributed by atoms with van der Waals surface area (Å²) >= 11 is 5.69. The second kappa shape index (κ2) is 4.34. The summed E-state index contributed by atoms with van der Waals surface area (Å²) in [5.41, 5.74) is 3.19. The summed E-state index contributed by atoms with van der Waals surface area (Å²) < 4.78 is 5.13. The largest absolute Gasteiger partial charge is 0.443 e.